The van der Waals surface area contributed by atoms with E-state index in [2.05, 4.69) is 22.5 Å². The molecule has 4 rings (SSSR count). The number of amides is 4. The molecule has 4 amide bonds. The monoisotopic (exact) mass is 473 g/mol. The van der Waals surface area contributed by atoms with Gasteiger partial charge in [0.1, 0.15) is 6.04 Å². The highest BCUT2D eigenvalue weighted by molar-refractivity contribution is 6.59. The molecule has 2 aromatic carbocycles. The number of benzene rings is 2. The van der Waals surface area contributed by atoms with Gasteiger partial charge >= 0.3 is 7.12 Å². The van der Waals surface area contributed by atoms with Crippen molar-refractivity contribution >= 4 is 36.2 Å². The van der Waals surface area contributed by atoms with Crippen LogP contribution in [0.4, 0.5) is 0 Å². The highest BCUT2D eigenvalue weighted by Crippen LogP contribution is 2.29. The zero-order chi connectivity index (χ0) is 25.1. The van der Waals surface area contributed by atoms with Gasteiger partial charge in [-0.15, -0.1) is 0 Å². The van der Waals surface area contributed by atoms with E-state index in [9.17, 15) is 29.2 Å². The third kappa shape index (κ3) is 5.11. The van der Waals surface area contributed by atoms with Crippen molar-refractivity contribution in [2.45, 2.75) is 38.8 Å². The molecule has 0 spiro atoms. The predicted molar refractivity (Wildman–Crippen MR) is 127 cm³/mol. The van der Waals surface area contributed by atoms with Gasteiger partial charge in [-0.1, -0.05) is 29.5 Å². The molecule has 1 unspecified atom stereocenters. The molecule has 1 atom stereocenters. The van der Waals surface area contributed by atoms with E-state index in [-0.39, 0.29) is 30.7 Å². The fourth-order valence-corrected chi connectivity index (χ4v) is 4.31. The Morgan fingerprint density at radius 3 is 2.74 bits per heavy atom. The highest BCUT2D eigenvalue weighted by atomic mass is 16.4. The number of aryl methyl sites for hydroxylation is 1. The second-order valence-electron chi connectivity index (χ2n) is 8.48. The van der Waals surface area contributed by atoms with Crippen LogP contribution in [0.3, 0.4) is 0 Å². The molecule has 35 heavy (non-hydrogen) atoms. The van der Waals surface area contributed by atoms with Gasteiger partial charge in [0.25, 0.3) is 11.8 Å². The van der Waals surface area contributed by atoms with Crippen LogP contribution in [0.25, 0.3) is 0 Å². The second kappa shape index (κ2) is 10.1. The minimum absolute atomic E-state index is 0.196. The van der Waals surface area contributed by atoms with Crippen LogP contribution in [-0.4, -0.2) is 58.3 Å². The van der Waals surface area contributed by atoms with Gasteiger partial charge in [-0.2, -0.15) is 0 Å². The summed E-state index contributed by atoms with van der Waals surface area (Å²) < 4.78 is 0. The van der Waals surface area contributed by atoms with E-state index in [1.807, 2.05) is 6.07 Å². The van der Waals surface area contributed by atoms with E-state index in [1.54, 1.807) is 25.1 Å². The van der Waals surface area contributed by atoms with Crippen LogP contribution < -0.4 is 16.1 Å². The Bertz CT molecular complexity index is 1280. The van der Waals surface area contributed by atoms with E-state index in [0.717, 1.165) is 5.56 Å². The Balaban J connectivity index is 1.37. The van der Waals surface area contributed by atoms with E-state index in [0.29, 0.717) is 47.1 Å². The maximum atomic E-state index is 12.9. The first kappa shape index (κ1) is 24.2. The Labute approximate surface area is 202 Å². The molecule has 0 bridgehead atoms. The predicted octanol–water partition coefficient (Wildman–Crippen LogP) is -0.393. The SMILES string of the molecule is Cc1cc(C(=O)NCCC#Cc2cccc3c2CN(C2CCC(=O)NC2=O)C3=O)ccc1B(O)O. The summed E-state index contributed by atoms with van der Waals surface area (Å²) in [7, 11) is -1.59. The molecular weight excluding hydrogens is 449 g/mol. The molecule has 0 saturated carbocycles. The first-order valence-corrected chi connectivity index (χ1v) is 11.3. The maximum absolute atomic E-state index is 12.9. The Morgan fingerprint density at radius 2 is 2.03 bits per heavy atom. The van der Waals surface area contributed by atoms with Crippen molar-refractivity contribution in [2.75, 3.05) is 6.54 Å². The number of imide groups is 1. The zero-order valence-electron chi connectivity index (χ0n) is 19.1. The van der Waals surface area contributed by atoms with Crippen LogP contribution >= 0.6 is 0 Å². The molecule has 0 aliphatic carbocycles. The highest BCUT2D eigenvalue weighted by Gasteiger charge is 2.39. The number of carbonyl (C=O) groups is 4. The van der Waals surface area contributed by atoms with Gasteiger partial charge in [-0.05, 0) is 48.6 Å². The molecule has 2 aliphatic heterocycles. The fourth-order valence-electron chi connectivity index (χ4n) is 4.31. The largest absolute Gasteiger partial charge is 0.488 e. The Kier molecular flexibility index (Phi) is 7.01. The Hall–Kier alpha value is -3.94. The minimum atomic E-state index is -1.59. The van der Waals surface area contributed by atoms with Crippen molar-refractivity contribution in [1.29, 1.82) is 0 Å². The third-order valence-electron chi connectivity index (χ3n) is 6.15. The number of fused-ring (bicyclic) bond motifs is 1. The van der Waals surface area contributed by atoms with Crippen molar-refractivity contribution in [1.82, 2.24) is 15.5 Å². The Morgan fingerprint density at radius 1 is 1.23 bits per heavy atom. The van der Waals surface area contributed by atoms with Crippen molar-refractivity contribution in [2.24, 2.45) is 0 Å². The first-order valence-electron chi connectivity index (χ1n) is 11.3. The summed E-state index contributed by atoms with van der Waals surface area (Å²) in [6, 6.07) is 9.21. The molecule has 0 radical (unpaired) electrons. The van der Waals surface area contributed by atoms with Crippen LogP contribution in [0.1, 0.15) is 56.7 Å². The van der Waals surface area contributed by atoms with Crippen LogP contribution in [0.15, 0.2) is 36.4 Å². The molecule has 0 aromatic heterocycles. The molecule has 1 fully saturated rings. The van der Waals surface area contributed by atoms with Gasteiger partial charge in [0.2, 0.25) is 11.8 Å². The van der Waals surface area contributed by atoms with Gasteiger partial charge in [-0.3, -0.25) is 24.5 Å². The summed E-state index contributed by atoms with van der Waals surface area (Å²) in [4.78, 5) is 50.4. The number of nitrogens with zero attached hydrogens (tertiary/aromatic N) is 1. The van der Waals surface area contributed by atoms with Crippen molar-refractivity contribution in [3.63, 3.8) is 0 Å². The number of hydrogen-bond acceptors (Lipinski definition) is 6. The van der Waals surface area contributed by atoms with Gasteiger partial charge in [0, 0.05) is 42.6 Å². The quantitative estimate of drug-likeness (QED) is 0.202. The lowest BCUT2D eigenvalue weighted by Crippen LogP contribution is -2.52. The van der Waals surface area contributed by atoms with E-state index >= 15 is 0 Å². The van der Waals surface area contributed by atoms with Crippen LogP contribution in [0.5, 0.6) is 0 Å². The smallest absolute Gasteiger partial charge is 0.423 e. The number of rotatable bonds is 5. The topological polar surface area (TPSA) is 136 Å². The normalized spacial score (nSPS) is 16.8. The summed E-state index contributed by atoms with van der Waals surface area (Å²) in [5.74, 6) is 4.75. The van der Waals surface area contributed by atoms with Crippen LogP contribution in [-0.2, 0) is 16.1 Å². The van der Waals surface area contributed by atoms with Crippen LogP contribution in [0.2, 0.25) is 0 Å². The molecule has 2 aliphatic rings. The van der Waals surface area contributed by atoms with Gasteiger partial charge in [0.05, 0.1) is 0 Å². The number of hydrogen-bond donors (Lipinski definition) is 4. The van der Waals surface area contributed by atoms with Crippen molar-refractivity contribution < 1.29 is 29.2 Å². The summed E-state index contributed by atoms with van der Waals surface area (Å²) in [5.41, 5.74) is 3.30. The molecule has 178 valence electrons. The molecule has 10 heteroatoms. The van der Waals surface area contributed by atoms with E-state index < -0.39 is 19.1 Å². The average Bonchev–Trinajstić information content (AvgIpc) is 3.15. The molecule has 9 nitrogen and oxygen atoms in total. The molecular formula is C25H24BN3O6. The van der Waals surface area contributed by atoms with E-state index in [1.165, 1.54) is 17.0 Å². The van der Waals surface area contributed by atoms with Gasteiger partial charge in [-0.25, -0.2) is 0 Å². The lowest BCUT2D eigenvalue weighted by atomic mass is 9.77. The average molecular weight is 473 g/mol. The first-order chi connectivity index (χ1) is 16.8. The number of nitrogens with one attached hydrogen (secondary N) is 2. The van der Waals surface area contributed by atoms with Gasteiger partial charge < -0.3 is 20.3 Å². The number of piperidine rings is 1. The summed E-state index contributed by atoms with van der Waals surface area (Å²) in [6.45, 7) is 2.26. The van der Waals surface area contributed by atoms with Crippen molar-refractivity contribution in [3.05, 3.63) is 64.2 Å². The van der Waals surface area contributed by atoms with E-state index in [4.69, 9.17) is 0 Å². The lowest BCUT2D eigenvalue weighted by Gasteiger charge is -2.29. The van der Waals surface area contributed by atoms with Gasteiger partial charge in [0.15, 0.2) is 0 Å². The zero-order valence-corrected chi connectivity index (χ0v) is 19.1. The van der Waals surface area contributed by atoms with Crippen molar-refractivity contribution in [3.8, 4) is 11.8 Å². The molecule has 1 saturated heterocycles. The lowest BCUT2D eigenvalue weighted by molar-refractivity contribution is -0.136. The fraction of sp³-hybridized carbons (Fsp3) is 0.280. The second-order valence-corrected chi connectivity index (χ2v) is 8.48. The minimum Gasteiger partial charge on any atom is -0.423 e. The summed E-state index contributed by atoms with van der Waals surface area (Å²) in [5, 5.41) is 23.7. The maximum Gasteiger partial charge on any atom is 0.488 e. The van der Waals surface area contributed by atoms with Crippen LogP contribution in [0, 0.1) is 18.8 Å². The number of carbonyl (C=O) groups excluding carboxylic acids is 4. The molecule has 2 aromatic rings. The third-order valence-corrected chi connectivity index (χ3v) is 6.15. The molecule has 2 heterocycles. The summed E-state index contributed by atoms with van der Waals surface area (Å²) in [6.07, 6.45) is 0.878. The summed E-state index contributed by atoms with van der Waals surface area (Å²) >= 11 is 0. The standard InChI is InChI=1S/C25H24BN3O6/c1-15-13-17(8-9-20(15)26(34)35)23(31)27-12-3-2-5-16-6-4-7-18-19(16)14-29(25(18)33)21-10-11-22(30)28-24(21)32/h4,6-9,13,21,34-35H,3,10-12,14H2,1H3,(H,27,31)(H,28,30,32). The molecule has 4 N–H and O–H groups in total.